The largest absolute Gasteiger partial charge is 0.497 e. The van der Waals surface area contributed by atoms with Crippen molar-refractivity contribution in [2.75, 3.05) is 20.7 Å². The Bertz CT molecular complexity index is 503. The number of amides is 1. The molecule has 0 saturated heterocycles. The molecule has 0 bridgehead atoms. The predicted octanol–water partition coefficient (Wildman–Crippen LogP) is 2.98. The molecular formula is C16H21NO2. The second-order valence-corrected chi connectivity index (χ2v) is 5.91. The molecule has 1 aromatic carbocycles. The van der Waals surface area contributed by atoms with Crippen molar-refractivity contribution in [3.63, 3.8) is 0 Å². The highest BCUT2D eigenvalue weighted by atomic mass is 16.5. The van der Waals surface area contributed by atoms with Gasteiger partial charge in [0.2, 0.25) is 0 Å². The van der Waals surface area contributed by atoms with Gasteiger partial charge in [0, 0.05) is 24.6 Å². The van der Waals surface area contributed by atoms with Gasteiger partial charge in [-0.15, -0.1) is 0 Å². The van der Waals surface area contributed by atoms with Gasteiger partial charge in [0.15, 0.2) is 0 Å². The molecule has 1 aliphatic carbocycles. The van der Waals surface area contributed by atoms with Crippen LogP contribution in [-0.4, -0.2) is 31.5 Å². The number of hydrogen-bond donors (Lipinski definition) is 0. The first-order valence-corrected chi connectivity index (χ1v) is 7.10. The molecule has 1 spiro atoms. The SMILES string of the molecule is COc1ccc2c(c1)C1(CCCCC1)CN(C)C2=O. The minimum absolute atomic E-state index is 0.147. The fraction of sp³-hybridized carbons (Fsp3) is 0.562. The fourth-order valence-corrected chi connectivity index (χ4v) is 3.75. The molecule has 2 aliphatic rings. The number of ether oxygens (including phenoxy) is 1. The van der Waals surface area contributed by atoms with E-state index in [9.17, 15) is 4.79 Å². The Morgan fingerprint density at radius 1 is 1.21 bits per heavy atom. The zero-order chi connectivity index (χ0) is 13.5. The second-order valence-electron chi connectivity index (χ2n) is 5.91. The first-order chi connectivity index (χ1) is 9.16. The monoisotopic (exact) mass is 259 g/mol. The van der Waals surface area contributed by atoms with E-state index in [1.165, 1.54) is 37.7 Å². The molecule has 0 aromatic heterocycles. The zero-order valence-electron chi connectivity index (χ0n) is 11.7. The van der Waals surface area contributed by atoms with Crippen molar-refractivity contribution in [3.8, 4) is 5.75 Å². The summed E-state index contributed by atoms with van der Waals surface area (Å²) in [5.74, 6) is 1.01. The van der Waals surface area contributed by atoms with Crippen LogP contribution in [0.3, 0.4) is 0 Å². The molecule has 1 saturated carbocycles. The fourth-order valence-electron chi connectivity index (χ4n) is 3.75. The van der Waals surface area contributed by atoms with Gasteiger partial charge in [0.05, 0.1) is 7.11 Å². The van der Waals surface area contributed by atoms with E-state index in [1.807, 2.05) is 24.1 Å². The number of carbonyl (C=O) groups is 1. The summed E-state index contributed by atoms with van der Waals surface area (Å²) in [6.07, 6.45) is 6.21. The van der Waals surface area contributed by atoms with Crippen molar-refractivity contribution >= 4 is 5.91 Å². The summed E-state index contributed by atoms with van der Waals surface area (Å²) in [5.41, 5.74) is 2.25. The third-order valence-electron chi connectivity index (χ3n) is 4.73. The number of benzene rings is 1. The maximum absolute atomic E-state index is 12.3. The summed E-state index contributed by atoms with van der Waals surface area (Å²) in [6.45, 7) is 0.853. The quantitative estimate of drug-likeness (QED) is 0.776. The number of rotatable bonds is 1. The van der Waals surface area contributed by atoms with E-state index in [0.717, 1.165) is 17.9 Å². The van der Waals surface area contributed by atoms with Crippen LogP contribution in [0.2, 0.25) is 0 Å². The van der Waals surface area contributed by atoms with Gasteiger partial charge in [0.1, 0.15) is 5.75 Å². The third kappa shape index (κ3) is 1.92. The van der Waals surface area contributed by atoms with Crippen molar-refractivity contribution in [2.24, 2.45) is 0 Å². The second kappa shape index (κ2) is 4.55. The smallest absolute Gasteiger partial charge is 0.253 e. The standard InChI is InChI=1S/C16H21NO2/c1-17-11-16(8-4-3-5-9-16)14-10-12(19-2)6-7-13(14)15(17)18/h6-7,10H,3-5,8-9,11H2,1-2H3. The molecule has 0 unspecified atom stereocenters. The maximum Gasteiger partial charge on any atom is 0.253 e. The van der Waals surface area contributed by atoms with Gasteiger partial charge >= 0.3 is 0 Å². The van der Waals surface area contributed by atoms with Crippen LogP contribution >= 0.6 is 0 Å². The van der Waals surface area contributed by atoms with Gasteiger partial charge < -0.3 is 9.64 Å². The Morgan fingerprint density at radius 3 is 2.63 bits per heavy atom. The Morgan fingerprint density at radius 2 is 1.95 bits per heavy atom. The number of methoxy groups -OCH3 is 1. The third-order valence-corrected chi connectivity index (χ3v) is 4.73. The van der Waals surface area contributed by atoms with Crippen molar-refractivity contribution in [1.82, 2.24) is 4.90 Å². The Balaban J connectivity index is 2.13. The summed E-state index contributed by atoms with van der Waals surface area (Å²) < 4.78 is 5.35. The lowest BCUT2D eigenvalue weighted by Crippen LogP contribution is -2.48. The molecule has 1 amide bonds. The number of carbonyl (C=O) groups excluding carboxylic acids is 1. The van der Waals surface area contributed by atoms with E-state index >= 15 is 0 Å². The zero-order valence-corrected chi connectivity index (χ0v) is 11.7. The molecular weight excluding hydrogens is 238 g/mol. The van der Waals surface area contributed by atoms with E-state index in [2.05, 4.69) is 6.07 Å². The summed E-state index contributed by atoms with van der Waals surface area (Å²) in [7, 11) is 3.61. The first kappa shape index (κ1) is 12.5. The van der Waals surface area contributed by atoms with E-state index in [0.29, 0.717) is 0 Å². The van der Waals surface area contributed by atoms with Gasteiger partial charge in [-0.3, -0.25) is 4.79 Å². The molecule has 1 aliphatic heterocycles. The number of nitrogens with zero attached hydrogens (tertiary/aromatic N) is 1. The molecule has 0 N–H and O–H groups in total. The summed E-state index contributed by atoms with van der Waals surface area (Å²) in [4.78, 5) is 14.2. The van der Waals surface area contributed by atoms with Crippen LogP contribution in [0.5, 0.6) is 5.75 Å². The van der Waals surface area contributed by atoms with Crippen LogP contribution < -0.4 is 4.74 Å². The average molecular weight is 259 g/mol. The van der Waals surface area contributed by atoms with Crippen molar-refractivity contribution in [1.29, 1.82) is 0 Å². The van der Waals surface area contributed by atoms with Crippen LogP contribution in [-0.2, 0) is 5.41 Å². The number of hydrogen-bond acceptors (Lipinski definition) is 2. The van der Waals surface area contributed by atoms with Crippen LogP contribution in [0.15, 0.2) is 18.2 Å². The van der Waals surface area contributed by atoms with Crippen molar-refractivity contribution < 1.29 is 9.53 Å². The van der Waals surface area contributed by atoms with Crippen LogP contribution in [0.1, 0.15) is 48.0 Å². The van der Waals surface area contributed by atoms with Gasteiger partial charge in [0.25, 0.3) is 5.91 Å². The Kier molecular flexibility index (Phi) is 3.00. The lowest BCUT2D eigenvalue weighted by Gasteiger charge is -2.45. The molecule has 3 nitrogen and oxygen atoms in total. The summed E-state index contributed by atoms with van der Waals surface area (Å²) in [5, 5.41) is 0. The molecule has 3 heteroatoms. The molecule has 1 fully saturated rings. The lowest BCUT2D eigenvalue weighted by molar-refractivity contribution is 0.0692. The topological polar surface area (TPSA) is 29.5 Å². The van der Waals surface area contributed by atoms with Crippen molar-refractivity contribution in [3.05, 3.63) is 29.3 Å². The highest BCUT2D eigenvalue weighted by molar-refractivity contribution is 5.97. The Hall–Kier alpha value is -1.51. The minimum atomic E-state index is 0.147. The summed E-state index contributed by atoms with van der Waals surface area (Å²) in [6, 6.07) is 5.92. The highest BCUT2D eigenvalue weighted by Gasteiger charge is 2.42. The van der Waals surface area contributed by atoms with E-state index in [-0.39, 0.29) is 11.3 Å². The van der Waals surface area contributed by atoms with Crippen molar-refractivity contribution in [2.45, 2.75) is 37.5 Å². The maximum atomic E-state index is 12.3. The number of fused-ring (bicyclic) bond motifs is 2. The number of likely N-dealkylation sites (N-methyl/N-ethyl adjacent to an activating group) is 1. The molecule has 19 heavy (non-hydrogen) atoms. The van der Waals surface area contributed by atoms with E-state index < -0.39 is 0 Å². The molecule has 0 atom stereocenters. The molecule has 102 valence electrons. The van der Waals surface area contributed by atoms with Crippen LogP contribution in [0.4, 0.5) is 0 Å². The van der Waals surface area contributed by atoms with Gasteiger partial charge in [-0.05, 0) is 36.6 Å². The minimum Gasteiger partial charge on any atom is -0.497 e. The van der Waals surface area contributed by atoms with E-state index in [1.54, 1.807) is 7.11 Å². The summed E-state index contributed by atoms with van der Waals surface area (Å²) >= 11 is 0. The van der Waals surface area contributed by atoms with Crippen LogP contribution in [0, 0.1) is 0 Å². The predicted molar refractivity (Wildman–Crippen MR) is 74.7 cm³/mol. The highest BCUT2D eigenvalue weighted by Crippen LogP contribution is 2.45. The Labute approximate surface area is 114 Å². The first-order valence-electron chi connectivity index (χ1n) is 7.10. The van der Waals surface area contributed by atoms with Gasteiger partial charge in [-0.2, -0.15) is 0 Å². The van der Waals surface area contributed by atoms with Gasteiger partial charge in [-0.1, -0.05) is 19.3 Å². The molecule has 1 aromatic rings. The average Bonchev–Trinajstić information content (AvgIpc) is 2.45. The molecule has 1 heterocycles. The molecule has 0 radical (unpaired) electrons. The van der Waals surface area contributed by atoms with E-state index in [4.69, 9.17) is 4.74 Å². The molecule has 3 rings (SSSR count). The van der Waals surface area contributed by atoms with Crippen LogP contribution in [0.25, 0.3) is 0 Å². The lowest BCUT2D eigenvalue weighted by atomic mass is 9.66. The van der Waals surface area contributed by atoms with Gasteiger partial charge in [-0.25, -0.2) is 0 Å². The normalized spacial score (nSPS) is 21.4.